The molecule has 4 rings (SSSR count). The Morgan fingerprint density at radius 3 is 2.48 bits per heavy atom. The Bertz CT molecular complexity index is 1270. The van der Waals surface area contributed by atoms with Crippen LogP contribution >= 0.6 is 0 Å². The number of carbonyl (C=O) groups excluding carboxylic acids is 3. The highest BCUT2D eigenvalue weighted by Crippen LogP contribution is 2.30. The number of rotatable bonds is 7. The van der Waals surface area contributed by atoms with E-state index in [1.165, 1.54) is 24.5 Å². The molecule has 0 spiro atoms. The molecule has 3 aromatic rings. The summed E-state index contributed by atoms with van der Waals surface area (Å²) in [5.74, 6) is -1.19. The van der Waals surface area contributed by atoms with Gasteiger partial charge < -0.3 is 10.6 Å². The van der Waals surface area contributed by atoms with Gasteiger partial charge in [0.25, 0.3) is 17.5 Å². The van der Waals surface area contributed by atoms with Crippen LogP contribution in [0, 0.1) is 17.0 Å². The lowest BCUT2D eigenvalue weighted by Crippen LogP contribution is -2.33. The van der Waals surface area contributed by atoms with Gasteiger partial charge in [-0.3, -0.25) is 29.4 Å². The number of nitrogens with one attached hydrogen (secondary N) is 2. The quantitative estimate of drug-likeness (QED) is 0.320. The third-order valence-electron chi connectivity index (χ3n) is 4.98. The standard InChI is InChI=1S/C22H18N6O5/c1-13-11-18(24-12-23-13)25-14-5-7-15(8-6-14)26-19(29)9-10-27-21(30)16-3-2-4-17(28(32)33)20(16)22(27)31/h2-8,11-12H,9-10H2,1H3,(H,26,29)(H,23,24,25). The van der Waals surface area contributed by atoms with E-state index in [1.54, 1.807) is 30.3 Å². The number of benzene rings is 2. The summed E-state index contributed by atoms with van der Waals surface area (Å²) in [6, 6.07) is 12.6. The van der Waals surface area contributed by atoms with Gasteiger partial charge in [-0.1, -0.05) is 6.07 Å². The van der Waals surface area contributed by atoms with Crippen LogP contribution in [0.2, 0.25) is 0 Å². The van der Waals surface area contributed by atoms with Crippen molar-refractivity contribution in [2.24, 2.45) is 0 Å². The van der Waals surface area contributed by atoms with Crippen LogP contribution in [0.15, 0.2) is 54.9 Å². The fourth-order valence-corrected chi connectivity index (χ4v) is 3.42. The van der Waals surface area contributed by atoms with Gasteiger partial charge in [0.2, 0.25) is 5.91 Å². The van der Waals surface area contributed by atoms with Crippen molar-refractivity contribution in [2.45, 2.75) is 13.3 Å². The molecular weight excluding hydrogens is 428 g/mol. The average molecular weight is 446 g/mol. The number of fused-ring (bicyclic) bond motifs is 1. The lowest BCUT2D eigenvalue weighted by molar-refractivity contribution is -0.385. The van der Waals surface area contributed by atoms with Gasteiger partial charge in [0.1, 0.15) is 17.7 Å². The van der Waals surface area contributed by atoms with E-state index in [4.69, 9.17) is 0 Å². The summed E-state index contributed by atoms with van der Waals surface area (Å²) in [6.45, 7) is 1.66. The van der Waals surface area contributed by atoms with Crippen LogP contribution in [-0.4, -0.2) is 44.1 Å². The molecule has 0 radical (unpaired) electrons. The Morgan fingerprint density at radius 1 is 1.06 bits per heavy atom. The summed E-state index contributed by atoms with van der Waals surface area (Å²) < 4.78 is 0. The molecule has 0 atom stereocenters. The summed E-state index contributed by atoms with van der Waals surface area (Å²) in [6.07, 6.45) is 1.30. The number of carbonyl (C=O) groups is 3. The minimum atomic E-state index is -0.773. The van der Waals surface area contributed by atoms with Crippen molar-refractivity contribution in [3.05, 3.63) is 81.8 Å². The van der Waals surface area contributed by atoms with Gasteiger partial charge in [-0.25, -0.2) is 9.97 Å². The third kappa shape index (κ3) is 4.51. The van der Waals surface area contributed by atoms with Gasteiger partial charge in [0.05, 0.1) is 10.5 Å². The number of aromatic nitrogens is 2. The molecule has 33 heavy (non-hydrogen) atoms. The van der Waals surface area contributed by atoms with Crippen LogP contribution in [-0.2, 0) is 4.79 Å². The maximum Gasteiger partial charge on any atom is 0.282 e. The van der Waals surface area contributed by atoms with Gasteiger partial charge in [0.15, 0.2) is 0 Å². The first-order valence-electron chi connectivity index (χ1n) is 9.92. The maximum absolute atomic E-state index is 12.6. The number of nitro groups is 1. The fourth-order valence-electron chi connectivity index (χ4n) is 3.42. The molecule has 11 heteroatoms. The molecule has 2 aromatic carbocycles. The predicted octanol–water partition coefficient (Wildman–Crippen LogP) is 3.06. The van der Waals surface area contributed by atoms with Gasteiger partial charge in [-0.15, -0.1) is 0 Å². The smallest absolute Gasteiger partial charge is 0.282 e. The highest BCUT2D eigenvalue weighted by atomic mass is 16.6. The summed E-state index contributed by atoms with van der Waals surface area (Å²) in [5.41, 5.74) is 1.42. The maximum atomic E-state index is 12.6. The Kier molecular flexibility index (Phi) is 5.77. The van der Waals surface area contributed by atoms with Crippen molar-refractivity contribution in [1.82, 2.24) is 14.9 Å². The fraction of sp³-hybridized carbons (Fsp3) is 0.136. The first kappa shape index (κ1) is 21.6. The van der Waals surface area contributed by atoms with E-state index < -0.39 is 28.3 Å². The van der Waals surface area contributed by atoms with Crippen LogP contribution in [0.5, 0.6) is 0 Å². The van der Waals surface area contributed by atoms with Gasteiger partial charge >= 0.3 is 0 Å². The van der Waals surface area contributed by atoms with Crippen LogP contribution in [0.25, 0.3) is 0 Å². The van der Waals surface area contributed by atoms with Crippen molar-refractivity contribution in [3.63, 3.8) is 0 Å². The second kappa shape index (κ2) is 8.83. The second-order valence-electron chi connectivity index (χ2n) is 7.26. The Labute approximate surface area is 187 Å². The Balaban J connectivity index is 1.35. The molecular formula is C22H18N6O5. The zero-order chi connectivity index (χ0) is 23.5. The molecule has 0 saturated carbocycles. The number of anilines is 3. The zero-order valence-electron chi connectivity index (χ0n) is 17.4. The first-order valence-corrected chi connectivity index (χ1v) is 9.92. The normalized spacial score (nSPS) is 12.5. The van der Waals surface area contributed by atoms with Crippen molar-refractivity contribution in [3.8, 4) is 0 Å². The topological polar surface area (TPSA) is 147 Å². The number of hydrogen-bond acceptors (Lipinski definition) is 8. The Hall–Kier alpha value is -4.67. The van der Waals surface area contributed by atoms with E-state index in [-0.39, 0.29) is 24.1 Å². The summed E-state index contributed by atoms with van der Waals surface area (Å²) in [4.78, 5) is 56.9. The molecule has 1 aliphatic heterocycles. The molecule has 1 aliphatic rings. The number of hydrogen-bond donors (Lipinski definition) is 2. The average Bonchev–Trinajstić information content (AvgIpc) is 3.03. The van der Waals surface area contributed by atoms with Crippen LogP contribution < -0.4 is 10.6 Å². The zero-order valence-corrected chi connectivity index (χ0v) is 17.4. The number of nitrogens with zero attached hydrogens (tertiary/aromatic N) is 4. The monoisotopic (exact) mass is 446 g/mol. The molecule has 2 heterocycles. The van der Waals surface area contributed by atoms with Gasteiger partial charge in [-0.2, -0.15) is 0 Å². The lowest BCUT2D eigenvalue weighted by Gasteiger charge is -2.13. The minimum Gasteiger partial charge on any atom is -0.340 e. The molecule has 166 valence electrons. The molecule has 0 bridgehead atoms. The number of imide groups is 1. The van der Waals surface area contributed by atoms with Crippen molar-refractivity contribution >= 4 is 40.6 Å². The van der Waals surface area contributed by atoms with E-state index in [0.717, 1.165) is 16.3 Å². The predicted molar refractivity (Wildman–Crippen MR) is 118 cm³/mol. The SMILES string of the molecule is Cc1cc(Nc2ccc(NC(=O)CCN3C(=O)c4cccc([N+](=O)[O-])c4C3=O)cc2)ncn1. The minimum absolute atomic E-state index is 0.0309. The van der Waals surface area contributed by atoms with Crippen LogP contribution in [0.3, 0.4) is 0 Å². The van der Waals surface area contributed by atoms with Crippen molar-refractivity contribution in [2.75, 3.05) is 17.2 Å². The summed E-state index contributed by atoms with van der Waals surface area (Å²) in [7, 11) is 0. The third-order valence-corrected chi connectivity index (χ3v) is 4.98. The number of aryl methyl sites for hydroxylation is 1. The molecule has 11 nitrogen and oxygen atoms in total. The van der Waals surface area contributed by atoms with Gasteiger partial charge in [-0.05, 0) is 37.3 Å². The lowest BCUT2D eigenvalue weighted by atomic mass is 10.1. The number of amides is 3. The second-order valence-corrected chi connectivity index (χ2v) is 7.26. The molecule has 3 amide bonds. The highest BCUT2D eigenvalue weighted by molar-refractivity contribution is 6.23. The Morgan fingerprint density at radius 2 is 1.79 bits per heavy atom. The van der Waals surface area contributed by atoms with E-state index >= 15 is 0 Å². The largest absolute Gasteiger partial charge is 0.340 e. The number of nitro benzene ring substituents is 1. The molecule has 0 unspecified atom stereocenters. The summed E-state index contributed by atoms with van der Waals surface area (Å²) >= 11 is 0. The highest BCUT2D eigenvalue weighted by Gasteiger charge is 2.40. The van der Waals surface area contributed by atoms with Crippen molar-refractivity contribution < 1.29 is 19.3 Å². The van der Waals surface area contributed by atoms with E-state index in [1.807, 2.05) is 6.92 Å². The van der Waals surface area contributed by atoms with Gasteiger partial charge in [0, 0.05) is 42.2 Å². The van der Waals surface area contributed by atoms with E-state index in [2.05, 4.69) is 20.6 Å². The van der Waals surface area contributed by atoms with Crippen molar-refractivity contribution in [1.29, 1.82) is 0 Å². The molecule has 1 aromatic heterocycles. The molecule has 0 fully saturated rings. The first-order chi connectivity index (χ1) is 15.8. The van der Waals surface area contributed by atoms with E-state index in [0.29, 0.717) is 11.5 Å². The summed E-state index contributed by atoms with van der Waals surface area (Å²) in [5, 5.41) is 17.0. The molecule has 2 N–H and O–H groups in total. The van der Waals surface area contributed by atoms with Crippen LogP contribution in [0.1, 0.15) is 32.8 Å². The van der Waals surface area contributed by atoms with Crippen LogP contribution in [0.4, 0.5) is 22.9 Å². The molecule has 0 saturated heterocycles. The van der Waals surface area contributed by atoms with E-state index in [9.17, 15) is 24.5 Å². The molecule has 0 aliphatic carbocycles.